The minimum atomic E-state index is -0.273. The molecule has 0 radical (unpaired) electrons. The van der Waals surface area contributed by atoms with Gasteiger partial charge in [-0.05, 0) is 43.9 Å². The molecule has 0 unspecified atom stereocenters. The standard InChI is InChI=1S/C19H21N5O2/c1-12-17(24-8-4-7-21-19(24)22-12)18(26)23-16(13-9-15(25)10-13)11-14-5-2-3-6-20-14/h2-8,13,15-16,25H,9-11H2,1H3,(H,23,26)/t13?,15?,16-/m0/s1. The van der Waals surface area contributed by atoms with E-state index in [-0.39, 0.29) is 24.0 Å². The molecule has 2 N–H and O–H groups in total. The third kappa shape index (κ3) is 3.17. The lowest BCUT2D eigenvalue weighted by molar-refractivity contribution is 0.0237. The van der Waals surface area contributed by atoms with E-state index in [0.29, 0.717) is 36.4 Å². The van der Waals surface area contributed by atoms with E-state index in [0.717, 1.165) is 5.69 Å². The van der Waals surface area contributed by atoms with Crippen LogP contribution in [0.2, 0.25) is 0 Å². The second kappa shape index (κ2) is 6.84. The van der Waals surface area contributed by atoms with E-state index in [1.807, 2.05) is 25.1 Å². The van der Waals surface area contributed by atoms with E-state index in [4.69, 9.17) is 0 Å². The lowest BCUT2D eigenvalue weighted by Crippen LogP contribution is -2.48. The zero-order valence-corrected chi connectivity index (χ0v) is 14.5. The van der Waals surface area contributed by atoms with E-state index in [1.165, 1.54) is 0 Å². The predicted octanol–water partition coefficient (Wildman–Crippen LogP) is 1.54. The van der Waals surface area contributed by atoms with E-state index in [9.17, 15) is 9.90 Å². The maximum Gasteiger partial charge on any atom is 0.270 e. The molecule has 4 rings (SSSR count). The molecule has 1 aliphatic rings. The number of rotatable bonds is 5. The van der Waals surface area contributed by atoms with Crippen LogP contribution in [0.1, 0.15) is 34.7 Å². The number of nitrogens with zero attached hydrogens (tertiary/aromatic N) is 4. The lowest BCUT2D eigenvalue weighted by Gasteiger charge is -2.38. The third-order valence-electron chi connectivity index (χ3n) is 4.98. The number of aliphatic hydroxyl groups is 1. The van der Waals surface area contributed by atoms with Crippen LogP contribution in [0.5, 0.6) is 0 Å². The Labute approximate surface area is 151 Å². The van der Waals surface area contributed by atoms with Crippen LogP contribution in [-0.4, -0.2) is 42.5 Å². The van der Waals surface area contributed by atoms with Gasteiger partial charge in [0, 0.05) is 36.7 Å². The summed E-state index contributed by atoms with van der Waals surface area (Å²) in [6, 6.07) is 7.47. The Morgan fingerprint density at radius 2 is 2.12 bits per heavy atom. The quantitative estimate of drug-likeness (QED) is 0.727. The predicted molar refractivity (Wildman–Crippen MR) is 95.7 cm³/mol. The highest BCUT2D eigenvalue weighted by Gasteiger charge is 2.35. The Morgan fingerprint density at radius 1 is 1.31 bits per heavy atom. The molecule has 0 bridgehead atoms. The zero-order valence-electron chi connectivity index (χ0n) is 14.5. The number of amides is 1. The molecular formula is C19H21N5O2. The summed E-state index contributed by atoms with van der Waals surface area (Å²) in [6.45, 7) is 1.81. The fourth-order valence-corrected chi connectivity index (χ4v) is 3.55. The molecule has 0 aromatic carbocycles. The molecule has 3 aromatic heterocycles. The van der Waals surface area contributed by atoms with Crippen molar-refractivity contribution in [2.45, 2.75) is 38.3 Å². The molecule has 3 aromatic rings. The minimum absolute atomic E-state index is 0.0811. The first-order valence-corrected chi connectivity index (χ1v) is 8.80. The number of aromatic nitrogens is 4. The number of imidazole rings is 1. The first-order valence-electron chi connectivity index (χ1n) is 8.80. The molecule has 7 heteroatoms. The molecule has 1 aliphatic carbocycles. The third-order valence-corrected chi connectivity index (χ3v) is 4.98. The number of pyridine rings is 1. The number of fused-ring (bicyclic) bond motifs is 1. The molecule has 7 nitrogen and oxygen atoms in total. The fraction of sp³-hybridized carbons (Fsp3) is 0.368. The molecule has 1 atom stereocenters. The number of carbonyl (C=O) groups is 1. The summed E-state index contributed by atoms with van der Waals surface area (Å²) in [5.41, 5.74) is 2.07. The van der Waals surface area contributed by atoms with Crippen LogP contribution in [-0.2, 0) is 6.42 Å². The fourth-order valence-electron chi connectivity index (χ4n) is 3.55. The summed E-state index contributed by atoms with van der Waals surface area (Å²) in [5.74, 6) is 0.578. The van der Waals surface area contributed by atoms with Crippen LogP contribution >= 0.6 is 0 Å². The Hall–Kier alpha value is -2.80. The maximum absolute atomic E-state index is 13.0. The van der Waals surface area contributed by atoms with E-state index in [1.54, 1.807) is 29.1 Å². The molecule has 0 spiro atoms. The van der Waals surface area contributed by atoms with Gasteiger partial charge in [-0.15, -0.1) is 0 Å². The van der Waals surface area contributed by atoms with Crippen molar-refractivity contribution in [3.05, 3.63) is 59.9 Å². The monoisotopic (exact) mass is 351 g/mol. The largest absolute Gasteiger partial charge is 0.393 e. The molecule has 3 heterocycles. The summed E-state index contributed by atoms with van der Waals surface area (Å²) < 4.78 is 1.71. The van der Waals surface area contributed by atoms with Crippen LogP contribution in [0.15, 0.2) is 42.9 Å². The van der Waals surface area contributed by atoms with Crippen LogP contribution in [0.4, 0.5) is 0 Å². The second-order valence-corrected chi connectivity index (χ2v) is 6.83. The smallest absolute Gasteiger partial charge is 0.270 e. The van der Waals surface area contributed by atoms with Crippen molar-refractivity contribution in [2.75, 3.05) is 0 Å². The summed E-state index contributed by atoms with van der Waals surface area (Å²) in [5, 5.41) is 12.8. The van der Waals surface area contributed by atoms with Crippen molar-refractivity contribution in [2.24, 2.45) is 5.92 Å². The average Bonchev–Trinajstić information content (AvgIpc) is 2.95. The molecule has 1 amide bonds. The van der Waals surface area contributed by atoms with Crippen molar-refractivity contribution in [3.63, 3.8) is 0 Å². The Bertz CT molecular complexity index is 918. The second-order valence-electron chi connectivity index (χ2n) is 6.83. The Balaban J connectivity index is 1.58. The topological polar surface area (TPSA) is 92.4 Å². The van der Waals surface area contributed by atoms with Crippen molar-refractivity contribution in [3.8, 4) is 0 Å². The van der Waals surface area contributed by atoms with Crippen molar-refractivity contribution in [1.29, 1.82) is 0 Å². The highest BCUT2D eigenvalue weighted by Crippen LogP contribution is 2.31. The number of aliphatic hydroxyl groups excluding tert-OH is 1. The van der Waals surface area contributed by atoms with Crippen LogP contribution in [0, 0.1) is 12.8 Å². The van der Waals surface area contributed by atoms with Gasteiger partial charge in [-0.2, -0.15) is 0 Å². The Morgan fingerprint density at radius 3 is 2.85 bits per heavy atom. The van der Waals surface area contributed by atoms with Gasteiger partial charge in [0.15, 0.2) is 0 Å². The van der Waals surface area contributed by atoms with Crippen LogP contribution < -0.4 is 5.32 Å². The normalized spacial score (nSPS) is 20.5. The van der Waals surface area contributed by atoms with Crippen molar-refractivity contribution in [1.82, 2.24) is 24.7 Å². The molecule has 1 fully saturated rings. The highest BCUT2D eigenvalue weighted by atomic mass is 16.3. The number of nitrogens with one attached hydrogen (secondary N) is 1. The van der Waals surface area contributed by atoms with E-state index in [2.05, 4.69) is 20.3 Å². The van der Waals surface area contributed by atoms with E-state index >= 15 is 0 Å². The van der Waals surface area contributed by atoms with Gasteiger partial charge in [-0.1, -0.05) is 6.07 Å². The Kier molecular flexibility index (Phi) is 4.38. The highest BCUT2D eigenvalue weighted by molar-refractivity contribution is 5.94. The summed E-state index contributed by atoms with van der Waals surface area (Å²) in [6.07, 6.45) is 6.96. The van der Waals surface area contributed by atoms with Gasteiger partial charge in [0.25, 0.3) is 5.91 Å². The van der Waals surface area contributed by atoms with E-state index < -0.39 is 0 Å². The lowest BCUT2D eigenvalue weighted by atomic mass is 9.76. The van der Waals surface area contributed by atoms with Gasteiger partial charge in [0.05, 0.1) is 11.8 Å². The number of aryl methyl sites for hydroxylation is 1. The van der Waals surface area contributed by atoms with Crippen LogP contribution in [0.3, 0.4) is 0 Å². The molecule has 134 valence electrons. The number of hydrogen-bond donors (Lipinski definition) is 2. The number of carbonyl (C=O) groups excluding carboxylic acids is 1. The molecule has 26 heavy (non-hydrogen) atoms. The van der Waals surface area contributed by atoms with Gasteiger partial charge in [-0.25, -0.2) is 9.97 Å². The SMILES string of the molecule is Cc1nc2ncccn2c1C(=O)N[C@@H](Cc1ccccn1)C1CC(O)C1. The van der Waals surface area contributed by atoms with Gasteiger partial charge >= 0.3 is 0 Å². The minimum Gasteiger partial charge on any atom is -0.393 e. The summed E-state index contributed by atoms with van der Waals surface area (Å²) >= 11 is 0. The molecule has 0 saturated heterocycles. The molecular weight excluding hydrogens is 330 g/mol. The van der Waals surface area contributed by atoms with Crippen molar-refractivity contribution < 1.29 is 9.90 Å². The average molecular weight is 351 g/mol. The summed E-state index contributed by atoms with van der Waals surface area (Å²) in [4.78, 5) is 25.9. The van der Waals surface area contributed by atoms with Gasteiger partial charge in [0.1, 0.15) is 5.69 Å². The zero-order chi connectivity index (χ0) is 18.1. The number of hydrogen-bond acceptors (Lipinski definition) is 5. The maximum atomic E-state index is 13.0. The van der Waals surface area contributed by atoms with Gasteiger partial charge in [-0.3, -0.25) is 14.2 Å². The van der Waals surface area contributed by atoms with Gasteiger partial charge < -0.3 is 10.4 Å². The summed E-state index contributed by atoms with van der Waals surface area (Å²) in [7, 11) is 0. The van der Waals surface area contributed by atoms with Crippen LogP contribution in [0.25, 0.3) is 5.78 Å². The van der Waals surface area contributed by atoms with Crippen molar-refractivity contribution >= 4 is 11.7 Å². The first kappa shape index (κ1) is 16.7. The first-order chi connectivity index (χ1) is 12.6. The van der Waals surface area contributed by atoms with Gasteiger partial charge in [0.2, 0.25) is 5.78 Å². The molecule has 0 aliphatic heterocycles. The molecule has 1 saturated carbocycles.